The summed E-state index contributed by atoms with van der Waals surface area (Å²) in [7, 11) is 1.35. The second-order valence-corrected chi connectivity index (χ2v) is 8.54. The lowest BCUT2D eigenvalue weighted by Gasteiger charge is -2.11. The average Bonchev–Trinajstić information content (AvgIpc) is 3.26. The normalized spacial score (nSPS) is 15.5. The van der Waals surface area contributed by atoms with Crippen LogP contribution in [0.4, 0.5) is 5.69 Å². The molecule has 6 nitrogen and oxygen atoms in total. The summed E-state index contributed by atoms with van der Waals surface area (Å²) in [5, 5.41) is 2.91. The maximum Gasteiger partial charge on any atom is 0.316 e. The predicted molar refractivity (Wildman–Crippen MR) is 109 cm³/mol. The van der Waals surface area contributed by atoms with Crippen molar-refractivity contribution in [3.8, 4) is 0 Å². The van der Waals surface area contributed by atoms with Gasteiger partial charge in [0, 0.05) is 17.7 Å². The molecule has 0 saturated carbocycles. The Kier molecular flexibility index (Phi) is 5.15. The van der Waals surface area contributed by atoms with Crippen molar-refractivity contribution in [2.75, 3.05) is 18.2 Å². The Hall–Kier alpha value is -2.71. The van der Waals surface area contributed by atoms with Gasteiger partial charge < -0.3 is 10.1 Å². The number of methoxy groups -OCH3 is 1. The number of amides is 1. The number of hydrogen-bond acceptors (Lipinski definition) is 7. The lowest BCUT2D eigenvalue weighted by Crippen LogP contribution is -2.19. The monoisotopic (exact) mass is 412 g/mol. The molecule has 4 rings (SSSR count). The zero-order chi connectivity index (χ0) is 19.7. The maximum absolute atomic E-state index is 12.7. The van der Waals surface area contributed by atoms with E-state index in [1.807, 2.05) is 30.3 Å². The topological polar surface area (TPSA) is 85.4 Å². The molecule has 1 aromatic heterocycles. The van der Waals surface area contributed by atoms with Gasteiger partial charge in [-0.15, -0.1) is 11.3 Å². The number of Topliss-reactive ketones (excluding diaryl/α,β-unsaturated/α-hetero) is 1. The van der Waals surface area contributed by atoms with E-state index in [1.54, 1.807) is 12.1 Å². The lowest BCUT2D eigenvalue weighted by atomic mass is 10.0. The minimum absolute atomic E-state index is 0.000863. The van der Waals surface area contributed by atoms with Crippen molar-refractivity contribution < 1.29 is 19.1 Å². The molecule has 0 radical (unpaired) electrons. The van der Waals surface area contributed by atoms with Gasteiger partial charge in [-0.25, -0.2) is 4.98 Å². The lowest BCUT2D eigenvalue weighted by molar-refractivity contribution is -0.137. The molecule has 3 aromatic rings. The number of fused-ring (bicyclic) bond motifs is 2. The first-order valence-corrected chi connectivity index (χ1v) is 10.4. The van der Waals surface area contributed by atoms with Gasteiger partial charge >= 0.3 is 5.97 Å². The van der Waals surface area contributed by atoms with Crippen molar-refractivity contribution in [3.63, 3.8) is 0 Å². The average molecular weight is 412 g/mol. The van der Waals surface area contributed by atoms with Crippen LogP contribution in [0.5, 0.6) is 0 Å². The van der Waals surface area contributed by atoms with E-state index in [0.29, 0.717) is 11.3 Å². The summed E-state index contributed by atoms with van der Waals surface area (Å²) >= 11 is 2.77. The Morgan fingerprint density at radius 2 is 2.11 bits per heavy atom. The van der Waals surface area contributed by atoms with Gasteiger partial charge in [-0.1, -0.05) is 36.0 Å². The van der Waals surface area contributed by atoms with Crippen LogP contribution in [0.2, 0.25) is 0 Å². The molecule has 1 amide bonds. The summed E-state index contributed by atoms with van der Waals surface area (Å²) in [5.41, 5.74) is 2.87. The summed E-state index contributed by atoms with van der Waals surface area (Å²) in [6.45, 7) is 0. The number of anilines is 1. The smallest absolute Gasteiger partial charge is 0.316 e. The number of nitrogens with zero attached hydrogens (tertiary/aromatic N) is 1. The van der Waals surface area contributed by atoms with E-state index in [-0.39, 0.29) is 29.8 Å². The number of carbonyl (C=O) groups excluding carboxylic acids is 3. The Morgan fingerprint density at radius 1 is 1.29 bits per heavy atom. The zero-order valence-corrected chi connectivity index (χ0v) is 16.6. The van der Waals surface area contributed by atoms with E-state index in [4.69, 9.17) is 0 Å². The maximum atomic E-state index is 12.7. The summed E-state index contributed by atoms with van der Waals surface area (Å²) < 4.78 is 6.31. The van der Waals surface area contributed by atoms with Crippen molar-refractivity contribution in [3.05, 3.63) is 53.6 Å². The van der Waals surface area contributed by atoms with E-state index in [1.165, 1.54) is 30.2 Å². The molecule has 0 aliphatic heterocycles. The van der Waals surface area contributed by atoms with Gasteiger partial charge in [-0.05, 0) is 23.8 Å². The number of thioether (sulfide) groups is 1. The summed E-state index contributed by atoms with van der Waals surface area (Å²) in [4.78, 5) is 40.6. The van der Waals surface area contributed by atoms with Crippen molar-refractivity contribution in [2.45, 2.75) is 16.7 Å². The highest BCUT2D eigenvalue weighted by molar-refractivity contribution is 8.01. The van der Waals surface area contributed by atoms with Gasteiger partial charge in [-0.3, -0.25) is 14.4 Å². The molecule has 1 heterocycles. The van der Waals surface area contributed by atoms with Crippen LogP contribution < -0.4 is 5.32 Å². The third-order valence-electron chi connectivity index (χ3n) is 4.52. The molecule has 0 bridgehead atoms. The molecule has 1 aliphatic rings. The molecule has 1 atom stereocenters. The largest absolute Gasteiger partial charge is 0.468 e. The molecule has 0 saturated heterocycles. The highest BCUT2D eigenvalue weighted by Crippen LogP contribution is 2.35. The zero-order valence-electron chi connectivity index (χ0n) is 14.9. The van der Waals surface area contributed by atoms with Crippen LogP contribution in [0.1, 0.15) is 28.3 Å². The Labute approximate surface area is 169 Å². The van der Waals surface area contributed by atoms with Gasteiger partial charge in [0.1, 0.15) is 0 Å². The van der Waals surface area contributed by atoms with Crippen LogP contribution >= 0.6 is 23.1 Å². The number of esters is 1. The van der Waals surface area contributed by atoms with Crippen LogP contribution in [-0.4, -0.2) is 35.5 Å². The fourth-order valence-electron chi connectivity index (χ4n) is 3.15. The summed E-state index contributed by atoms with van der Waals surface area (Å²) in [6.07, 6.45) is 0.197. The summed E-state index contributed by atoms with van der Waals surface area (Å²) in [6, 6.07) is 12.7. The molecule has 0 spiro atoms. The second-order valence-electron chi connectivity index (χ2n) is 6.28. The number of ether oxygens (including phenoxy) is 1. The van der Waals surface area contributed by atoms with Crippen molar-refractivity contribution in [1.82, 2.24) is 4.98 Å². The fraction of sp³-hybridized carbons (Fsp3) is 0.200. The van der Waals surface area contributed by atoms with Crippen LogP contribution in [-0.2, 0) is 14.3 Å². The number of thiazole rings is 1. The fourth-order valence-corrected chi connectivity index (χ4v) is 5.09. The molecule has 1 aliphatic carbocycles. The van der Waals surface area contributed by atoms with E-state index >= 15 is 0 Å². The molecule has 142 valence electrons. The number of carbonyl (C=O) groups is 3. The standard InChI is InChI=1S/C20H16N2O4S2/c1-26-18(24)10-27-20-22-15-7-6-11(8-17(15)28-20)21-19(25)14-9-16(23)13-5-3-2-4-12(13)14/h2-8,14H,9-10H2,1H3,(H,21,25). The van der Waals surface area contributed by atoms with Gasteiger partial charge in [-0.2, -0.15) is 0 Å². The molecule has 8 heteroatoms. The van der Waals surface area contributed by atoms with Crippen LogP contribution in [0.3, 0.4) is 0 Å². The number of hydrogen-bond donors (Lipinski definition) is 1. The van der Waals surface area contributed by atoms with Gasteiger partial charge in [0.25, 0.3) is 0 Å². The molecule has 1 unspecified atom stereocenters. The van der Waals surface area contributed by atoms with E-state index in [9.17, 15) is 14.4 Å². The Bertz CT molecular complexity index is 1090. The van der Waals surface area contributed by atoms with E-state index < -0.39 is 5.92 Å². The Morgan fingerprint density at radius 3 is 2.93 bits per heavy atom. The molecule has 0 fully saturated rings. The van der Waals surface area contributed by atoms with Gasteiger partial charge in [0.15, 0.2) is 10.1 Å². The number of aromatic nitrogens is 1. The second kappa shape index (κ2) is 7.73. The molecular weight excluding hydrogens is 396 g/mol. The molecule has 28 heavy (non-hydrogen) atoms. The first-order valence-electron chi connectivity index (χ1n) is 8.58. The van der Waals surface area contributed by atoms with Crippen molar-refractivity contribution in [1.29, 1.82) is 0 Å². The van der Waals surface area contributed by atoms with Crippen LogP contribution in [0, 0.1) is 0 Å². The number of ketones is 1. The van der Waals surface area contributed by atoms with Crippen LogP contribution in [0.15, 0.2) is 46.8 Å². The third-order valence-corrected chi connectivity index (χ3v) is 6.65. The number of nitrogens with one attached hydrogen (secondary N) is 1. The minimum atomic E-state index is -0.466. The third kappa shape index (κ3) is 3.65. The number of rotatable bonds is 5. The molecule has 1 N–H and O–H groups in total. The summed E-state index contributed by atoms with van der Waals surface area (Å²) in [5.74, 6) is -0.756. The van der Waals surface area contributed by atoms with Gasteiger partial charge in [0.05, 0.1) is 29.0 Å². The van der Waals surface area contributed by atoms with Crippen LogP contribution in [0.25, 0.3) is 10.2 Å². The predicted octanol–water partition coefficient (Wildman–Crippen LogP) is 3.87. The molecule has 2 aromatic carbocycles. The van der Waals surface area contributed by atoms with E-state index in [2.05, 4.69) is 15.0 Å². The Balaban J connectivity index is 1.50. The van der Waals surface area contributed by atoms with Gasteiger partial charge in [0.2, 0.25) is 5.91 Å². The first kappa shape index (κ1) is 18.6. The number of benzene rings is 2. The van der Waals surface area contributed by atoms with Crippen molar-refractivity contribution in [2.24, 2.45) is 0 Å². The minimum Gasteiger partial charge on any atom is -0.468 e. The highest BCUT2D eigenvalue weighted by Gasteiger charge is 2.33. The first-order chi connectivity index (χ1) is 13.5. The highest BCUT2D eigenvalue weighted by atomic mass is 32.2. The van der Waals surface area contributed by atoms with E-state index in [0.717, 1.165) is 20.1 Å². The SMILES string of the molecule is COC(=O)CSc1nc2ccc(NC(=O)C3CC(=O)c4ccccc43)cc2s1. The quantitative estimate of drug-likeness (QED) is 0.506. The van der Waals surface area contributed by atoms with Crippen molar-refractivity contribution >= 4 is 56.7 Å². The molecular formula is C20H16N2O4S2.